The molecule has 3 aromatic rings. The van der Waals surface area contributed by atoms with Crippen LogP contribution in [-0.2, 0) is 13.6 Å². The van der Waals surface area contributed by atoms with Gasteiger partial charge in [0.15, 0.2) is 0 Å². The summed E-state index contributed by atoms with van der Waals surface area (Å²) in [6.07, 6.45) is 6.40. The second-order valence-corrected chi connectivity index (χ2v) is 7.64. The first-order chi connectivity index (χ1) is 12.1. The maximum Gasteiger partial charge on any atom is 0.259 e. The van der Waals surface area contributed by atoms with E-state index in [0.29, 0.717) is 5.56 Å². The van der Waals surface area contributed by atoms with Crippen LogP contribution in [0.5, 0.6) is 0 Å². The molecule has 1 aliphatic heterocycles. The van der Waals surface area contributed by atoms with E-state index in [2.05, 4.69) is 20.2 Å². The van der Waals surface area contributed by atoms with Crippen molar-refractivity contribution in [1.82, 2.24) is 34.2 Å². The number of hydrogen-bond donors (Lipinski definition) is 0. The number of rotatable bonds is 3. The molecule has 1 fully saturated rings. The van der Waals surface area contributed by atoms with Crippen LogP contribution in [0.15, 0.2) is 18.6 Å². The van der Waals surface area contributed by atoms with E-state index >= 15 is 0 Å². The lowest BCUT2D eigenvalue weighted by molar-refractivity contribution is 0.0762. The molecule has 1 aliphatic rings. The Labute approximate surface area is 149 Å². The van der Waals surface area contributed by atoms with Crippen LogP contribution in [0.25, 0.3) is 5.65 Å². The van der Waals surface area contributed by atoms with E-state index < -0.39 is 0 Å². The van der Waals surface area contributed by atoms with E-state index in [-0.39, 0.29) is 5.91 Å². The second-order valence-electron chi connectivity index (χ2n) is 6.37. The molecule has 4 rings (SSSR count). The third-order valence-electron chi connectivity index (χ3n) is 4.57. The van der Waals surface area contributed by atoms with Gasteiger partial charge >= 0.3 is 0 Å². The van der Waals surface area contributed by atoms with Gasteiger partial charge in [-0.2, -0.15) is 5.10 Å². The summed E-state index contributed by atoms with van der Waals surface area (Å²) in [5, 5.41) is 14.6. The van der Waals surface area contributed by atoms with Crippen LogP contribution < -0.4 is 0 Å². The van der Waals surface area contributed by atoms with Gasteiger partial charge in [-0.1, -0.05) is 0 Å². The van der Waals surface area contributed by atoms with E-state index in [9.17, 15) is 4.79 Å². The Morgan fingerprint density at radius 2 is 2.08 bits per heavy atom. The molecule has 4 heterocycles. The van der Waals surface area contributed by atoms with Crippen LogP contribution in [-0.4, -0.2) is 66.3 Å². The van der Waals surface area contributed by atoms with Crippen LogP contribution in [0.2, 0.25) is 0 Å². The lowest BCUT2D eigenvalue weighted by atomic mass is 10.2. The number of carbonyl (C=O) groups excluding carboxylic acids is 1. The van der Waals surface area contributed by atoms with Crippen LogP contribution in [0.3, 0.4) is 0 Å². The van der Waals surface area contributed by atoms with Crippen molar-refractivity contribution in [3.63, 3.8) is 0 Å². The normalized spacial score (nSPS) is 16.5. The van der Waals surface area contributed by atoms with Crippen molar-refractivity contribution in [2.75, 3.05) is 26.2 Å². The fourth-order valence-electron chi connectivity index (χ4n) is 3.30. The fourth-order valence-corrected chi connectivity index (χ4v) is 4.05. The molecule has 0 spiro atoms. The minimum Gasteiger partial charge on any atom is -0.337 e. The van der Waals surface area contributed by atoms with Crippen LogP contribution in [0, 0.1) is 6.92 Å². The zero-order valence-corrected chi connectivity index (χ0v) is 15.2. The van der Waals surface area contributed by atoms with E-state index in [4.69, 9.17) is 0 Å². The van der Waals surface area contributed by atoms with E-state index in [0.717, 1.165) is 54.8 Å². The van der Waals surface area contributed by atoms with Gasteiger partial charge in [-0.3, -0.25) is 9.69 Å². The molecular weight excluding hydrogens is 338 g/mol. The predicted octanol–water partition coefficient (Wildman–Crippen LogP) is 1.18. The minimum absolute atomic E-state index is 0.0606. The van der Waals surface area contributed by atoms with E-state index in [1.54, 1.807) is 22.0 Å². The van der Waals surface area contributed by atoms with Gasteiger partial charge in [0.05, 0.1) is 12.7 Å². The molecule has 0 radical (unpaired) electrons. The first-order valence-electron chi connectivity index (χ1n) is 8.41. The second kappa shape index (κ2) is 6.57. The monoisotopic (exact) mass is 359 g/mol. The molecular formula is C16H21N7OS. The summed E-state index contributed by atoms with van der Waals surface area (Å²) in [4.78, 5) is 17.3. The number of imidazole rings is 1. The third kappa shape index (κ3) is 3.16. The molecule has 25 heavy (non-hydrogen) atoms. The van der Waals surface area contributed by atoms with Gasteiger partial charge in [0, 0.05) is 45.6 Å². The fraction of sp³-hybridized carbons (Fsp3) is 0.500. The Kier molecular flexibility index (Phi) is 4.26. The van der Waals surface area contributed by atoms with Crippen molar-refractivity contribution in [3.05, 3.63) is 34.2 Å². The first kappa shape index (κ1) is 16.2. The lowest BCUT2D eigenvalue weighted by Gasteiger charge is -2.21. The van der Waals surface area contributed by atoms with Crippen LogP contribution in [0.1, 0.15) is 26.8 Å². The molecule has 0 aromatic carbocycles. The summed E-state index contributed by atoms with van der Waals surface area (Å²) in [5.74, 6) is 0.0606. The molecule has 0 atom stereocenters. The molecule has 3 aromatic heterocycles. The molecule has 0 aliphatic carbocycles. The summed E-state index contributed by atoms with van der Waals surface area (Å²) in [6, 6.07) is 0. The standard InChI is InChI=1S/C16H21N7OS/c1-12-18-19-14(25-12)11-21-4-3-5-22(8-7-21)16(24)13-10-17-23-9-6-20(2)15(13)23/h6,9-10H,3-5,7-8,11H2,1-2H3. The highest BCUT2D eigenvalue weighted by molar-refractivity contribution is 7.11. The largest absolute Gasteiger partial charge is 0.337 e. The zero-order chi connectivity index (χ0) is 17.4. The number of amides is 1. The van der Waals surface area contributed by atoms with Crippen molar-refractivity contribution < 1.29 is 4.79 Å². The van der Waals surface area contributed by atoms with Gasteiger partial charge in [0.2, 0.25) is 0 Å². The Hall–Kier alpha value is -2.26. The Bertz CT molecular complexity index is 895. The van der Waals surface area contributed by atoms with Crippen LogP contribution >= 0.6 is 11.3 Å². The molecule has 1 saturated heterocycles. The van der Waals surface area contributed by atoms with Gasteiger partial charge in [0.25, 0.3) is 5.91 Å². The van der Waals surface area contributed by atoms with Gasteiger partial charge in [0.1, 0.15) is 21.2 Å². The highest BCUT2D eigenvalue weighted by atomic mass is 32.1. The Morgan fingerprint density at radius 3 is 2.88 bits per heavy atom. The minimum atomic E-state index is 0.0606. The van der Waals surface area contributed by atoms with Crippen molar-refractivity contribution in [2.45, 2.75) is 19.9 Å². The summed E-state index contributed by atoms with van der Waals surface area (Å²) >= 11 is 1.64. The summed E-state index contributed by atoms with van der Waals surface area (Å²) in [6.45, 7) is 6.09. The molecule has 0 bridgehead atoms. The Morgan fingerprint density at radius 1 is 1.20 bits per heavy atom. The topological polar surface area (TPSA) is 71.6 Å². The maximum atomic E-state index is 13.0. The predicted molar refractivity (Wildman–Crippen MR) is 94.6 cm³/mol. The summed E-state index contributed by atoms with van der Waals surface area (Å²) < 4.78 is 3.68. The molecule has 9 heteroatoms. The Balaban J connectivity index is 1.45. The third-order valence-corrected chi connectivity index (χ3v) is 5.39. The van der Waals surface area contributed by atoms with Gasteiger partial charge in [-0.25, -0.2) is 4.52 Å². The van der Waals surface area contributed by atoms with Crippen molar-refractivity contribution in [3.8, 4) is 0 Å². The first-order valence-corrected chi connectivity index (χ1v) is 9.23. The number of hydrogen-bond acceptors (Lipinski definition) is 6. The summed E-state index contributed by atoms with van der Waals surface area (Å²) in [7, 11) is 1.93. The summed E-state index contributed by atoms with van der Waals surface area (Å²) in [5.41, 5.74) is 1.51. The number of aryl methyl sites for hydroxylation is 2. The lowest BCUT2D eigenvalue weighted by Crippen LogP contribution is -2.35. The number of fused-ring (bicyclic) bond motifs is 1. The average Bonchev–Trinajstić information content (AvgIpc) is 3.23. The van der Waals surface area contributed by atoms with E-state index in [1.165, 1.54) is 0 Å². The maximum absolute atomic E-state index is 13.0. The average molecular weight is 359 g/mol. The van der Waals surface area contributed by atoms with E-state index in [1.807, 2.05) is 35.8 Å². The van der Waals surface area contributed by atoms with Gasteiger partial charge in [-0.15, -0.1) is 21.5 Å². The number of carbonyl (C=O) groups is 1. The highest BCUT2D eigenvalue weighted by Crippen LogP contribution is 2.17. The van der Waals surface area contributed by atoms with Crippen molar-refractivity contribution in [1.29, 1.82) is 0 Å². The highest BCUT2D eigenvalue weighted by Gasteiger charge is 2.24. The zero-order valence-electron chi connectivity index (χ0n) is 14.4. The molecule has 1 amide bonds. The van der Waals surface area contributed by atoms with Crippen molar-refractivity contribution in [2.24, 2.45) is 7.05 Å². The number of nitrogens with zero attached hydrogens (tertiary/aromatic N) is 7. The number of aromatic nitrogens is 5. The van der Waals surface area contributed by atoms with Crippen molar-refractivity contribution >= 4 is 22.9 Å². The smallest absolute Gasteiger partial charge is 0.259 e. The molecule has 0 saturated carbocycles. The molecule has 132 valence electrons. The molecule has 8 nitrogen and oxygen atoms in total. The molecule has 0 N–H and O–H groups in total. The van der Waals surface area contributed by atoms with Crippen LogP contribution in [0.4, 0.5) is 0 Å². The quantitative estimate of drug-likeness (QED) is 0.702. The van der Waals surface area contributed by atoms with Gasteiger partial charge < -0.3 is 9.47 Å². The SMILES string of the molecule is Cc1nnc(CN2CCCN(C(=O)c3cnn4ccn(C)c34)CC2)s1. The van der Waals surface area contributed by atoms with Gasteiger partial charge in [-0.05, 0) is 13.3 Å². The molecule has 0 unspecified atom stereocenters.